The number of nitrogens with one attached hydrogen (secondary N) is 2. The van der Waals surface area contributed by atoms with Gasteiger partial charge in [-0.2, -0.15) is 33.7 Å². The van der Waals surface area contributed by atoms with Gasteiger partial charge in [-0.25, -0.2) is 29.9 Å². The van der Waals surface area contributed by atoms with E-state index in [1.54, 1.807) is 0 Å². The van der Waals surface area contributed by atoms with Gasteiger partial charge in [0, 0.05) is 43.8 Å². The van der Waals surface area contributed by atoms with Crippen LogP contribution < -0.4 is 0 Å². The molecule has 0 aliphatic carbocycles. The monoisotopic (exact) mass is 897 g/mol. The maximum atomic E-state index is 12.2. The Morgan fingerprint density at radius 1 is 0.351 bits per heavy atom. The van der Waals surface area contributed by atoms with Crippen LogP contribution in [0.1, 0.15) is 0 Å². The molecule has 0 amide bonds. The number of fused-ring (bicyclic) bond motifs is 20. The summed E-state index contributed by atoms with van der Waals surface area (Å²) < 4.78 is 137. The maximum Gasteiger partial charge on any atom is 2.00 e. The minimum Gasteiger partial charge on any atom is -0.324 e. The molecule has 4 aromatic carbocycles. The maximum absolute atomic E-state index is 12.2. The number of aromatic nitrogens is 8. The van der Waals surface area contributed by atoms with E-state index in [1.165, 1.54) is 24.3 Å². The van der Waals surface area contributed by atoms with Gasteiger partial charge in [-0.15, -0.1) is 0 Å². The fourth-order valence-electron chi connectivity index (χ4n) is 6.35. The SMILES string of the molecule is O=S(=O)(O)c1ccc2c(c1)-c1nc3nc(nc4[nH]c(nc5[nH]c(nc-2n1)c1cc(S(=O)(=O)O)ccc51)c1ccc(S(=O)(=O)O)cc41)-c1cc(S(=O)(=O)O)ccc1-3.[Cu+2]. The van der Waals surface area contributed by atoms with Crippen LogP contribution in [0.5, 0.6) is 0 Å². The van der Waals surface area contributed by atoms with Crippen LogP contribution in [-0.2, 0) is 57.5 Å². The van der Waals surface area contributed by atoms with E-state index in [1.807, 2.05) is 0 Å². The van der Waals surface area contributed by atoms with Crippen molar-refractivity contribution in [3.05, 3.63) is 72.8 Å². The number of benzene rings is 4. The average molecular weight is 898 g/mol. The summed E-state index contributed by atoms with van der Waals surface area (Å²) in [4.78, 5) is 31.4. The van der Waals surface area contributed by atoms with Crippen LogP contribution in [0.2, 0.25) is 0 Å². The summed E-state index contributed by atoms with van der Waals surface area (Å²) >= 11 is 0. The standard InChI is InChI=1S/C32H18N8O12S4.Cu/c41-53(42,43)13-1-5-17-21(9-13)29-34-25(17)33-26-18-6-2-15(55(47,48)49)11-23(18)31(35-26)40-32-24-12-16(56(50,51)52)4-8-20(24)28(39-32)38-30-22-10-14(54(44,45)46)3-7-19(22)27(36-29)37-30;/h1-12H,(H,41,42,43)(H,44,45,46)(H,47,48,49)(H,50,51,52)(H2,33,34,35,36,37,38,39,40);/q;+2. The largest absolute Gasteiger partial charge is 2.00 e. The van der Waals surface area contributed by atoms with Crippen molar-refractivity contribution < 1.29 is 69.0 Å². The smallest absolute Gasteiger partial charge is 0.324 e. The molecule has 9 rings (SSSR count). The van der Waals surface area contributed by atoms with Crippen LogP contribution in [0.25, 0.3) is 89.7 Å². The number of rotatable bonds is 4. The third kappa shape index (κ3) is 6.54. The van der Waals surface area contributed by atoms with Gasteiger partial charge in [-0.05, 0) is 72.8 Å². The molecule has 1 radical (unpaired) electrons. The van der Waals surface area contributed by atoms with Crippen molar-refractivity contribution in [2.75, 3.05) is 0 Å². The number of hydrogen-bond donors (Lipinski definition) is 6. The molecule has 0 saturated carbocycles. The Morgan fingerprint density at radius 2 is 0.649 bits per heavy atom. The van der Waals surface area contributed by atoms with Crippen LogP contribution >= 0.6 is 0 Å². The van der Waals surface area contributed by atoms with Gasteiger partial charge in [0.2, 0.25) is 0 Å². The second-order valence-electron chi connectivity index (χ2n) is 12.3. The van der Waals surface area contributed by atoms with E-state index < -0.39 is 60.1 Å². The molecule has 0 spiro atoms. The second-order valence-corrected chi connectivity index (χ2v) is 18.0. The van der Waals surface area contributed by atoms with E-state index in [0.29, 0.717) is 0 Å². The van der Waals surface area contributed by atoms with Gasteiger partial charge in [0.05, 0.1) is 19.6 Å². The van der Waals surface area contributed by atoms with E-state index in [-0.39, 0.29) is 107 Å². The van der Waals surface area contributed by atoms with E-state index >= 15 is 0 Å². The number of nitrogens with zero attached hydrogens (tertiary/aromatic N) is 6. The number of hydrogen-bond acceptors (Lipinski definition) is 14. The molecule has 2 aliphatic rings. The summed E-state index contributed by atoms with van der Waals surface area (Å²) in [6.07, 6.45) is 0. The molecular weight excluding hydrogens is 880 g/mol. The first kappa shape index (κ1) is 38.3. The first-order chi connectivity index (χ1) is 26.2. The number of H-pyrrole nitrogens is 2. The summed E-state index contributed by atoms with van der Waals surface area (Å²) in [5.41, 5.74) is 0.436. The molecule has 291 valence electrons. The minimum absolute atomic E-state index is 0. The molecule has 0 fully saturated rings. The van der Waals surface area contributed by atoms with Crippen molar-refractivity contribution in [3.8, 4) is 45.6 Å². The fourth-order valence-corrected chi connectivity index (χ4v) is 8.38. The van der Waals surface area contributed by atoms with E-state index in [0.717, 1.165) is 48.5 Å². The molecule has 0 saturated heterocycles. The zero-order chi connectivity index (χ0) is 39.7. The molecule has 57 heavy (non-hydrogen) atoms. The second kappa shape index (κ2) is 12.7. The quantitative estimate of drug-likeness (QED) is 0.108. The van der Waals surface area contributed by atoms with E-state index in [2.05, 4.69) is 34.9 Å². The van der Waals surface area contributed by atoms with Crippen molar-refractivity contribution >= 4 is 84.6 Å². The Morgan fingerprint density at radius 3 is 1.04 bits per heavy atom. The van der Waals surface area contributed by atoms with Crippen molar-refractivity contribution in [3.63, 3.8) is 0 Å². The first-order valence-electron chi connectivity index (χ1n) is 15.5. The van der Waals surface area contributed by atoms with Gasteiger partial charge in [-0.1, -0.05) is 0 Å². The summed E-state index contributed by atoms with van der Waals surface area (Å²) in [5, 5.41) is 0.753. The first-order valence-corrected chi connectivity index (χ1v) is 21.3. The topological polar surface area (TPSA) is 326 Å². The van der Waals surface area contributed by atoms with Crippen molar-refractivity contribution in [1.29, 1.82) is 0 Å². The van der Waals surface area contributed by atoms with E-state index in [4.69, 9.17) is 4.98 Å². The molecule has 25 heteroatoms. The zero-order valence-corrected chi connectivity index (χ0v) is 31.8. The summed E-state index contributed by atoms with van der Waals surface area (Å²) in [7, 11) is -19.0. The molecular formula is C32H18CuN8O12S4+2. The van der Waals surface area contributed by atoms with Crippen LogP contribution in [0.15, 0.2) is 92.4 Å². The normalized spacial score (nSPS) is 13.0. The molecule has 20 nitrogen and oxygen atoms in total. The summed E-state index contributed by atoms with van der Waals surface area (Å²) in [5.74, 6) is -0.612. The van der Waals surface area contributed by atoms with Gasteiger partial charge in [0.1, 0.15) is 22.6 Å². The molecule has 5 heterocycles. The van der Waals surface area contributed by atoms with Crippen molar-refractivity contribution in [2.24, 2.45) is 0 Å². The predicted octanol–water partition coefficient (Wildman–Crippen LogP) is 3.85. The zero-order valence-electron chi connectivity index (χ0n) is 27.6. The van der Waals surface area contributed by atoms with Crippen LogP contribution in [0, 0.1) is 0 Å². The van der Waals surface area contributed by atoms with Crippen molar-refractivity contribution in [2.45, 2.75) is 19.6 Å². The van der Waals surface area contributed by atoms with Gasteiger partial charge in [-0.3, -0.25) is 18.2 Å². The summed E-state index contributed by atoms with van der Waals surface area (Å²) in [6.45, 7) is 0. The Balaban J connectivity index is 0.00000455. The van der Waals surface area contributed by atoms with Gasteiger partial charge >= 0.3 is 17.1 Å². The van der Waals surface area contributed by atoms with Crippen LogP contribution in [-0.4, -0.2) is 91.8 Å². The third-order valence-electron chi connectivity index (χ3n) is 8.91. The average Bonchev–Trinajstić information content (AvgIpc) is 3.84. The van der Waals surface area contributed by atoms with Gasteiger partial charge in [0.15, 0.2) is 23.3 Å². The molecule has 7 aromatic rings. The fraction of sp³-hybridized carbons (Fsp3) is 0. The number of aromatic amines is 2. The Bertz CT molecular complexity index is 3620. The molecule has 0 unspecified atom stereocenters. The minimum atomic E-state index is -4.76. The Labute approximate surface area is 329 Å². The summed E-state index contributed by atoms with van der Waals surface area (Å²) in [6, 6.07) is 14.1. The van der Waals surface area contributed by atoms with Crippen LogP contribution in [0.4, 0.5) is 0 Å². The van der Waals surface area contributed by atoms with Crippen LogP contribution in [0.3, 0.4) is 0 Å². The van der Waals surface area contributed by atoms with Gasteiger partial charge < -0.3 is 9.97 Å². The molecule has 3 aromatic heterocycles. The molecule has 6 N–H and O–H groups in total. The predicted molar refractivity (Wildman–Crippen MR) is 195 cm³/mol. The Hall–Kier alpha value is -5.60. The Kier molecular flexibility index (Phi) is 8.53. The molecule has 2 aliphatic heterocycles. The van der Waals surface area contributed by atoms with Crippen molar-refractivity contribution in [1.82, 2.24) is 39.9 Å². The molecule has 0 atom stereocenters. The van der Waals surface area contributed by atoms with E-state index in [9.17, 15) is 51.9 Å². The van der Waals surface area contributed by atoms with Gasteiger partial charge in [0.25, 0.3) is 40.5 Å². The molecule has 8 bridgehead atoms. The third-order valence-corrected chi connectivity index (χ3v) is 12.3.